The molecule has 0 aliphatic heterocycles. The number of amides is 3. The van der Waals surface area contributed by atoms with Gasteiger partial charge in [-0.05, 0) is 70.1 Å². The van der Waals surface area contributed by atoms with Gasteiger partial charge in [0.2, 0.25) is 15.9 Å². The van der Waals surface area contributed by atoms with E-state index in [1.165, 1.54) is 13.0 Å². The molecule has 2 aromatic rings. The van der Waals surface area contributed by atoms with E-state index in [1.807, 2.05) is 57.2 Å². The maximum Gasteiger partial charge on any atom is 0.315 e. The Morgan fingerprint density at radius 2 is 1.46 bits per heavy atom. The van der Waals surface area contributed by atoms with Gasteiger partial charge >= 0.3 is 6.03 Å². The molecule has 0 aromatic heterocycles. The topological polar surface area (TPSA) is 137 Å². The number of aliphatic hydroxyl groups excluding tert-OH is 1. The lowest BCUT2D eigenvalue weighted by Gasteiger charge is -2.33. The average Bonchev–Trinajstić information content (AvgIpc) is 2.89. The van der Waals surface area contributed by atoms with E-state index in [1.54, 1.807) is 24.3 Å². The minimum absolute atomic E-state index is 0.280. The van der Waals surface area contributed by atoms with Crippen LogP contribution in [-0.2, 0) is 21.2 Å². The summed E-state index contributed by atoms with van der Waals surface area (Å²) in [6.07, 6.45) is 1.81. The van der Waals surface area contributed by atoms with E-state index < -0.39 is 51.7 Å². The maximum atomic E-state index is 13.2. The van der Waals surface area contributed by atoms with Gasteiger partial charge in [-0.15, -0.1) is 0 Å². The molecule has 0 saturated heterocycles. The van der Waals surface area contributed by atoms with Crippen molar-refractivity contribution < 1.29 is 23.1 Å². The first kappa shape index (κ1) is 34.0. The molecule has 10 heteroatoms. The molecule has 0 bridgehead atoms. The minimum atomic E-state index is -3.93. The van der Waals surface area contributed by atoms with Gasteiger partial charge in [-0.25, -0.2) is 13.2 Å². The normalized spacial score (nSPS) is 15.2. The van der Waals surface area contributed by atoms with Gasteiger partial charge in [-0.2, -0.15) is 4.72 Å². The second-order valence-corrected chi connectivity index (χ2v) is 13.4. The summed E-state index contributed by atoms with van der Waals surface area (Å²) < 4.78 is 27.7. The number of carbonyl (C=O) groups is 2. The maximum absolute atomic E-state index is 13.2. The summed E-state index contributed by atoms with van der Waals surface area (Å²) in [6, 6.07) is 15.3. The van der Waals surface area contributed by atoms with Crippen molar-refractivity contribution in [2.24, 2.45) is 5.92 Å². The first-order chi connectivity index (χ1) is 19.1. The van der Waals surface area contributed by atoms with Crippen LogP contribution in [0.3, 0.4) is 0 Å². The third kappa shape index (κ3) is 13.3. The Morgan fingerprint density at radius 3 is 2.02 bits per heavy atom. The third-order valence-corrected chi connectivity index (χ3v) is 7.46. The van der Waals surface area contributed by atoms with Crippen LogP contribution in [0.1, 0.15) is 65.5 Å². The van der Waals surface area contributed by atoms with Gasteiger partial charge < -0.3 is 21.1 Å². The van der Waals surface area contributed by atoms with Gasteiger partial charge in [-0.3, -0.25) is 4.79 Å². The van der Waals surface area contributed by atoms with Crippen LogP contribution in [0.4, 0.5) is 4.79 Å². The largest absolute Gasteiger partial charge is 0.389 e. The Hall–Kier alpha value is -3.21. The van der Waals surface area contributed by atoms with Gasteiger partial charge in [0.25, 0.3) is 0 Å². The van der Waals surface area contributed by atoms with Crippen LogP contribution in [0.15, 0.2) is 66.1 Å². The molecule has 0 saturated carbocycles. The fraction of sp³-hybridized carbons (Fsp3) is 0.484. The number of urea groups is 1. The first-order valence-electron chi connectivity index (χ1n) is 14.0. The smallest absolute Gasteiger partial charge is 0.315 e. The summed E-state index contributed by atoms with van der Waals surface area (Å²) in [5, 5.41) is 21.2. The molecule has 41 heavy (non-hydrogen) atoms. The summed E-state index contributed by atoms with van der Waals surface area (Å²) in [4.78, 5) is 26.0. The number of carbonyl (C=O) groups excluding carboxylic acids is 2. The molecule has 9 nitrogen and oxygen atoms in total. The molecule has 5 N–H and O–H groups in total. The van der Waals surface area contributed by atoms with Crippen LogP contribution in [0.2, 0.25) is 0 Å². The average molecular weight is 587 g/mol. The van der Waals surface area contributed by atoms with Crippen molar-refractivity contribution in [2.45, 2.75) is 90.6 Å². The highest BCUT2D eigenvalue weighted by atomic mass is 32.2. The lowest BCUT2D eigenvalue weighted by molar-refractivity contribution is -0.124. The number of benzene rings is 2. The Morgan fingerprint density at radius 1 is 0.878 bits per heavy atom. The molecular weight excluding hydrogens is 540 g/mol. The third-order valence-electron chi connectivity index (χ3n) is 6.28. The first-order valence-corrected chi connectivity index (χ1v) is 15.6. The van der Waals surface area contributed by atoms with Crippen LogP contribution in [0.5, 0.6) is 0 Å². The Bertz CT molecular complexity index is 1230. The number of nitrogens with one attached hydrogen (secondary N) is 4. The summed E-state index contributed by atoms with van der Waals surface area (Å²) in [7, 11) is -3.93. The molecule has 2 rings (SSSR count). The molecular formula is C31H46N4O5S. The molecule has 1 unspecified atom stereocenters. The van der Waals surface area contributed by atoms with E-state index >= 15 is 0 Å². The summed E-state index contributed by atoms with van der Waals surface area (Å²) in [5.74, 6) is -0.263. The summed E-state index contributed by atoms with van der Waals surface area (Å²) in [5.41, 5.74) is 1.10. The lowest BCUT2D eigenvalue weighted by Crippen LogP contribution is -2.59. The highest BCUT2D eigenvalue weighted by Gasteiger charge is 2.32. The molecule has 0 heterocycles. The van der Waals surface area contributed by atoms with E-state index in [-0.39, 0.29) is 6.42 Å². The van der Waals surface area contributed by atoms with Gasteiger partial charge in [0.15, 0.2) is 0 Å². The Kier molecular flexibility index (Phi) is 13.0. The predicted molar refractivity (Wildman–Crippen MR) is 164 cm³/mol. The monoisotopic (exact) mass is 586 g/mol. The fourth-order valence-electron chi connectivity index (χ4n) is 4.17. The van der Waals surface area contributed by atoms with Crippen LogP contribution >= 0.6 is 0 Å². The number of hydrogen-bond acceptors (Lipinski definition) is 5. The minimum Gasteiger partial charge on any atom is -0.389 e. The van der Waals surface area contributed by atoms with Gasteiger partial charge in [0.1, 0.15) is 0 Å². The summed E-state index contributed by atoms with van der Waals surface area (Å²) in [6.45, 7) is 11.1. The standard InChI is InChI=1S/C31H46N4O5S/c1-22(2)17-18-26(33-30(38)34-31(4,5)6)28(36)27(21-25-15-11-8-12-16-25)32-29(37)23(3)35-41(39,40)20-19-24-13-9-7-10-14-24/h7-16,19-20,22-23,26-28,35-36H,17-18,21H2,1-6H3,(H,32,37)(H2,33,34,38)/t23-,26?,27-,28-/m0/s1. The molecule has 0 spiro atoms. The number of hydrogen-bond donors (Lipinski definition) is 5. The van der Waals surface area contributed by atoms with Crippen molar-refractivity contribution in [1.82, 2.24) is 20.7 Å². The van der Waals surface area contributed by atoms with Crippen molar-refractivity contribution in [3.8, 4) is 0 Å². The predicted octanol–water partition coefficient (Wildman–Crippen LogP) is 3.96. The molecule has 0 radical (unpaired) electrons. The lowest BCUT2D eigenvalue weighted by atomic mass is 9.91. The number of rotatable bonds is 14. The van der Waals surface area contributed by atoms with Gasteiger partial charge in [0.05, 0.1) is 24.2 Å². The Labute approximate surface area is 245 Å². The van der Waals surface area contributed by atoms with Gasteiger partial charge in [0, 0.05) is 10.9 Å². The van der Waals surface area contributed by atoms with E-state index in [0.29, 0.717) is 17.9 Å². The van der Waals surface area contributed by atoms with E-state index in [2.05, 4.69) is 34.5 Å². The highest BCUT2D eigenvalue weighted by Crippen LogP contribution is 2.16. The van der Waals surface area contributed by atoms with Crippen molar-refractivity contribution in [3.63, 3.8) is 0 Å². The molecule has 2 aromatic carbocycles. The Balaban J connectivity index is 2.23. The summed E-state index contributed by atoms with van der Waals surface area (Å²) >= 11 is 0. The van der Waals surface area contributed by atoms with Crippen molar-refractivity contribution in [2.75, 3.05) is 0 Å². The zero-order chi connectivity index (χ0) is 30.6. The molecule has 226 valence electrons. The van der Waals surface area contributed by atoms with Gasteiger partial charge in [-0.1, -0.05) is 74.5 Å². The SMILES string of the molecule is CC(C)CCC(NC(=O)NC(C)(C)C)[C@H](O)[C@H](Cc1ccccc1)NC(=O)[C@H](C)NS(=O)(=O)C=Cc1ccccc1. The molecule has 4 atom stereocenters. The second kappa shape index (κ2) is 15.7. The van der Waals surface area contributed by atoms with Crippen LogP contribution in [0, 0.1) is 5.92 Å². The molecule has 0 fully saturated rings. The zero-order valence-electron chi connectivity index (χ0n) is 24.9. The van der Waals surface area contributed by atoms with Crippen molar-refractivity contribution in [1.29, 1.82) is 0 Å². The van der Waals surface area contributed by atoms with Crippen LogP contribution in [-0.4, -0.2) is 55.2 Å². The quantitative estimate of drug-likeness (QED) is 0.228. The van der Waals surface area contributed by atoms with Crippen LogP contribution < -0.4 is 20.7 Å². The van der Waals surface area contributed by atoms with Crippen molar-refractivity contribution in [3.05, 3.63) is 77.2 Å². The molecule has 3 amide bonds. The number of aliphatic hydroxyl groups is 1. The fourth-order valence-corrected chi connectivity index (χ4v) is 5.19. The zero-order valence-corrected chi connectivity index (χ0v) is 25.7. The van der Waals surface area contributed by atoms with Crippen molar-refractivity contribution >= 4 is 28.0 Å². The molecule has 0 aliphatic rings. The van der Waals surface area contributed by atoms with E-state index in [0.717, 1.165) is 17.4 Å². The second-order valence-electron chi connectivity index (χ2n) is 11.8. The highest BCUT2D eigenvalue weighted by molar-refractivity contribution is 7.92. The molecule has 0 aliphatic carbocycles. The van der Waals surface area contributed by atoms with E-state index in [4.69, 9.17) is 0 Å². The van der Waals surface area contributed by atoms with E-state index in [9.17, 15) is 23.1 Å². The number of sulfonamides is 1. The van der Waals surface area contributed by atoms with Crippen LogP contribution in [0.25, 0.3) is 6.08 Å².